The molecule has 0 radical (unpaired) electrons. The summed E-state index contributed by atoms with van der Waals surface area (Å²) < 4.78 is 0. The lowest BCUT2D eigenvalue weighted by atomic mass is 10.2. The smallest absolute Gasteiger partial charge is 0.332 e. The van der Waals surface area contributed by atoms with Gasteiger partial charge in [-0.3, -0.25) is 4.79 Å². The van der Waals surface area contributed by atoms with Gasteiger partial charge >= 0.3 is 5.97 Å². The van der Waals surface area contributed by atoms with Crippen LogP contribution in [0.3, 0.4) is 0 Å². The van der Waals surface area contributed by atoms with E-state index in [2.05, 4.69) is 0 Å². The average Bonchev–Trinajstić information content (AvgIpc) is 2.31. The quantitative estimate of drug-likeness (QED) is 0.379. The molecule has 17 heavy (non-hydrogen) atoms. The molecule has 6 heteroatoms. The van der Waals surface area contributed by atoms with Crippen molar-refractivity contribution in [2.75, 3.05) is 13.6 Å². The first kappa shape index (κ1) is 15.6. The highest BCUT2D eigenvalue weighted by Crippen LogP contribution is 2.02. The molecule has 0 aromatic rings. The van der Waals surface area contributed by atoms with Crippen molar-refractivity contribution < 1.29 is 19.2 Å². The van der Waals surface area contributed by atoms with E-state index in [1.807, 2.05) is 0 Å². The van der Waals surface area contributed by atoms with E-state index < -0.39 is 5.97 Å². The van der Waals surface area contributed by atoms with Gasteiger partial charge in [-0.15, -0.1) is 0 Å². The van der Waals surface area contributed by atoms with Crippen LogP contribution in [0.4, 0.5) is 0 Å². The second-order valence-corrected chi connectivity index (χ2v) is 3.66. The third kappa shape index (κ3) is 8.38. The Morgan fingerprint density at radius 1 is 1.24 bits per heavy atom. The zero-order valence-electron chi connectivity index (χ0n) is 10.2. The maximum atomic E-state index is 11.3. The summed E-state index contributed by atoms with van der Waals surface area (Å²) in [6.45, 7) is 0.610. The number of hydrogen-bond acceptors (Lipinski definition) is 5. The highest BCUT2D eigenvalue weighted by Gasteiger charge is 2.13. The molecule has 0 aromatic heterocycles. The Morgan fingerprint density at radius 2 is 1.94 bits per heavy atom. The minimum Gasteiger partial charge on any atom is -0.338 e. The summed E-state index contributed by atoms with van der Waals surface area (Å²) in [5.41, 5.74) is 5.31. The SMILES string of the molecule is CN(OC(=O)CCCCCN)C(=O)CCC=O. The Labute approximate surface area is 101 Å². The van der Waals surface area contributed by atoms with Crippen LogP contribution in [0.5, 0.6) is 0 Å². The van der Waals surface area contributed by atoms with Gasteiger partial charge in [0.05, 0.1) is 0 Å². The molecule has 0 atom stereocenters. The van der Waals surface area contributed by atoms with E-state index in [1.165, 1.54) is 7.05 Å². The van der Waals surface area contributed by atoms with E-state index in [9.17, 15) is 14.4 Å². The average molecular weight is 244 g/mol. The maximum absolute atomic E-state index is 11.3. The summed E-state index contributed by atoms with van der Waals surface area (Å²) in [7, 11) is 1.37. The Bertz CT molecular complexity index is 256. The van der Waals surface area contributed by atoms with Crippen LogP contribution in [0, 0.1) is 0 Å². The molecular formula is C11H20N2O4. The Hall–Kier alpha value is -1.43. The lowest BCUT2D eigenvalue weighted by molar-refractivity contribution is -0.192. The monoisotopic (exact) mass is 244 g/mol. The molecular weight excluding hydrogens is 224 g/mol. The Morgan fingerprint density at radius 3 is 2.53 bits per heavy atom. The first-order valence-corrected chi connectivity index (χ1v) is 5.73. The van der Waals surface area contributed by atoms with Crippen LogP contribution in [0.15, 0.2) is 0 Å². The van der Waals surface area contributed by atoms with Gasteiger partial charge in [0.1, 0.15) is 6.29 Å². The van der Waals surface area contributed by atoms with Crippen molar-refractivity contribution in [3.8, 4) is 0 Å². The van der Waals surface area contributed by atoms with Crippen molar-refractivity contribution >= 4 is 18.2 Å². The van der Waals surface area contributed by atoms with E-state index in [0.717, 1.165) is 17.9 Å². The minimum absolute atomic E-state index is 0.0560. The van der Waals surface area contributed by atoms with Crippen LogP contribution >= 0.6 is 0 Å². The van der Waals surface area contributed by atoms with Gasteiger partial charge in [0.2, 0.25) is 0 Å². The minimum atomic E-state index is -0.441. The summed E-state index contributed by atoms with van der Waals surface area (Å²) in [5.74, 6) is -0.823. The van der Waals surface area contributed by atoms with Gasteiger partial charge in [0.15, 0.2) is 0 Å². The van der Waals surface area contributed by atoms with E-state index in [-0.39, 0.29) is 25.2 Å². The standard InChI is InChI=1S/C11H20N2O4/c1-13(10(15)6-5-9-14)17-11(16)7-3-2-4-8-12/h9H,2-8,12H2,1H3. The predicted molar refractivity (Wildman–Crippen MR) is 61.7 cm³/mol. The number of nitrogens with two attached hydrogens (primary N) is 1. The first-order chi connectivity index (χ1) is 8.11. The highest BCUT2D eigenvalue weighted by molar-refractivity contribution is 5.79. The van der Waals surface area contributed by atoms with Crippen molar-refractivity contribution in [3.63, 3.8) is 0 Å². The molecule has 0 aliphatic rings. The topological polar surface area (TPSA) is 89.7 Å². The van der Waals surface area contributed by atoms with Gasteiger partial charge < -0.3 is 15.4 Å². The van der Waals surface area contributed by atoms with Gasteiger partial charge in [0, 0.05) is 26.3 Å². The number of hydrogen-bond donors (Lipinski definition) is 1. The van der Waals surface area contributed by atoms with Gasteiger partial charge in [-0.1, -0.05) is 6.42 Å². The molecule has 1 amide bonds. The summed E-state index contributed by atoms with van der Waals surface area (Å²) in [5, 5.41) is 0.884. The van der Waals surface area contributed by atoms with Crippen molar-refractivity contribution in [2.45, 2.75) is 38.5 Å². The van der Waals surface area contributed by atoms with Crippen molar-refractivity contribution in [1.82, 2.24) is 5.06 Å². The Balaban J connectivity index is 3.71. The zero-order chi connectivity index (χ0) is 13.1. The number of carbonyl (C=O) groups excluding carboxylic acids is 3. The van der Waals surface area contributed by atoms with Gasteiger partial charge in [-0.05, 0) is 19.4 Å². The number of amides is 1. The van der Waals surface area contributed by atoms with Crippen LogP contribution < -0.4 is 5.73 Å². The summed E-state index contributed by atoms with van der Waals surface area (Å²) in [6, 6.07) is 0. The molecule has 6 nitrogen and oxygen atoms in total. The molecule has 0 heterocycles. The molecule has 0 spiro atoms. The molecule has 0 aliphatic heterocycles. The second kappa shape index (κ2) is 9.77. The normalized spacial score (nSPS) is 9.76. The molecule has 0 bridgehead atoms. The summed E-state index contributed by atoms with van der Waals surface area (Å²) in [4.78, 5) is 37.4. The van der Waals surface area contributed by atoms with Crippen LogP contribution in [-0.2, 0) is 19.2 Å². The summed E-state index contributed by atoms with van der Waals surface area (Å²) >= 11 is 0. The van der Waals surface area contributed by atoms with E-state index >= 15 is 0 Å². The molecule has 0 saturated heterocycles. The highest BCUT2D eigenvalue weighted by atomic mass is 16.7. The third-order valence-electron chi connectivity index (χ3n) is 2.15. The fraction of sp³-hybridized carbons (Fsp3) is 0.727. The molecule has 0 fully saturated rings. The van der Waals surface area contributed by atoms with Gasteiger partial charge in [0.25, 0.3) is 5.91 Å². The van der Waals surface area contributed by atoms with Crippen LogP contribution in [0.25, 0.3) is 0 Å². The molecule has 0 saturated carbocycles. The molecule has 98 valence electrons. The summed E-state index contributed by atoms with van der Waals surface area (Å²) in [6.07, 6.45) is 3.56. The number of aldehydes is 1. The fourth-order valence-corrected chi connectivity index (χ4v) is 1.18. The lowest BCUT2D eigenvalue weighted by Crippen LogP contribution is -2.29. The van der Waals surface area contributed by atoms with Crippen molar-refractivity contribution in [3.05, 3.63) is 0 Å². The van der Waals surface area contributed by atoms with Crippen molar-refractivity contribution in [1.29, 1.82) is 0 Å². The maximum Gasteiger partial charge on any atom is 0.332 e. The molecule has 0 aliphatic carbocycles. The molecule has 2 N–H and O–H groups in total. The molecule has 0 rings (SSSR count). The number of nitrogens with zero attached hydrogens (tertiary/aromatic N) is 1. The Kier molecular flexibility index (Phi) is 8.95. The third-order valence-corrected chi connectivity index (χ3v) is 2.15. The zero-order valence-corrected chi connectivity index (χ0v) is 10.2. The van der Waals surface area contributed by atoms with Gasteiger partial charge in [-0.2, -0.15) is 5.06 Å². The predicted octanol–water partition coefficient (Wildman–Crippen LogP) is 0.401. The van der Waals surface area contributed by atoms with Gasteiger partial charge in [-0.25, -0.2) is 4.79 Å². The number of rotatable bonds is 8. The van der Waals surface area contributed by atoms with Crippen LogP contribution in [-0.4, -0.2) is 36.8 Å². The fourth-order valence-electron chi connectivity index (χ4n) is 1.18. The van der Waals surface area contributed by atoms with E-state index in [1.54, 1.807) is 0 Å². The molecule has 0 unspecified atom stereocenters. The molecule has 0 aromatic carbocycles. The second-order valence-electron chi connectivity index (χ2n) is 3.66. The van der Waals surface area contributed by atoms with Crippen molar-refractivity contribution in [2.24, 2.45) is 5.73 Å². The number of hydroxylamine groups is 2. The van der Waals surface area contributed by atoms with Crippen LogP contribution in [0.1, 0.15) is 38.5 Å². The number of carbonyl (C=O) groups is 3. The largest absolute Gasteiger partial charge is 0.338 e. The van der Waals surface area contributed by atoms with E-state index in [0.29, 0.717) is 19.3 Å². The van der Waals surface area contributed by atoms with E-state index in [4.69, 9.17) is 10.6 Å². The number of unbranched alkanes of at least 4 members (excludes halogenated alkanes) is 2. The lowest BCUT2D eigenvalue weighted by Gasteiger charge is -2.15. The first-order valence-electron chi connectivity index (χ1n) is 5.73. The van der Waals surface area contributed by atoms with Crippen LogP contribution in [0.2, 0.25) is 0 Å².